The molecule has 5 nitrogen and oxygen atoms in total. The van der Waals surface area contributed by atoms with Gasteiger partial charge in [-0.1, -0.05) is 6.07 Å². The summed E-state index contributed by atoms with van der Waals surface area (Å²) in [5.41, 5.74) is 1.96. The van der Waals surface area contributed by atoms with E-state index in [1.54, 1.807) is 17.4 Å². The van der Waals surface area contributed by atoms with Crippen molar-refractivity contribution in [3.05, 3.63) is 55.4 Å². The zero-order valence-corrected chi connectivity index (χ0v) is 16.5. The van der Waals surface area contributed by atoms with Crippen molar-refractivity contribution in [3.8, 4) is 0 Å². The number of carbonyl (C=O) groups is 2. The van der Waals surface area contributed by atoms with E-state index >= 15 is 0 Å². The molecule has 0 saturated carbocycles. The summed E-state index contributed by atoms with van der Waals surface area (Å²) in [5, 5.41) is 9.11. The summed E-state index contributed by atoms with van der Waals surface area (Å²) >= 11 is 4.50. The molecule has 1 atom stereocenters. The normalized spacial score (nSPS) is 16.3. The van der Waals surface area contributed by atoms with Crippen LogP contribution in [0.1, 0.15) is 38.8 Å². The van der Waals surface area contributed by atoms with Crippen LogP contribution >= 0.6 is 34.0 Å². The number of rotatable bonds is 4. The number of nitrogens with one attached hydrogen (secondary N) is 1. The van der Waals surface area contributed by atoms with E-state index < -0.39 is 0 Å². The third-order valence-electron chi connectivity index (χ3n) is 4.45. The zero-order valence-electron chi connectivity index (χ0n) is 14.1. The Hall–Kier alpha value is -2.03. The van der Waals surface area contributed by atoms with Gasteiger partial charge in [-0.05, 0) is 41.8 Å². The molecule has 0 saturated heterocycles. The Morgan fingerprint density at radius 3 is 2.96 bits per heavy atom. The van der Waals surface area contributed by atoms with Gasteiger partial charge in [0.05, 0.1) is 23.0 Å². The number of aromatic nitrogens is 1. The Balaban J connectivity index is 1.40. The minimum absolute atomic E-state index is 0.0794. The molecule has 3 aromatic heterocycles. The Morgan fingerprint density at radius 2 is 2.15 bits per heavy atom. The van der Waals surface area contributed by atoms with Crippen LogP contribution in [0.15, 0.2) is 34.3 Å². The number of amides is 2. The molecule has 4 heterocycles. The fraction of sp³-hybridized carbons (Fsp3) is 0.278. The van der Waals surface area contributed by atoms with Crippen LogP contribution in [0.25, 0.3) is 0 Å². The maximum atomic E-state index is 12.7. The van der Waals surface area contributed by atoms with Gasteiger partial charge in [0.15, 0.2) is 5.13 Å². The van der Waals surface area contributed by atoms with E-state index in [9.17, 15) is 9.59 Å². The van der Waals surface area contributed by atoms with Gasteiger partial charge >= 0.3 is 0 Å². The fourth-order valence-corrected chi connectivity index (χ4v) is 5.41. The number of thiophene rings is 2. The lowest BCUT2D eigenvalue weighted by Gasteiger charge is -2.33. The minimum atomic E-state index is -0.165. The van der Waals surface area contributed by atoms with Crippen molar-refractivity contribution in [1.29, 1.82) is 0 Å². The van der Waals surface area contributed by atoms with E-state index in [0.29, 0.717) is 15.7 Å². The molecule has 1 aliphatic heterocycles. The van der Waals surface area contributed by atoms with E-state index in [2.05, 4.69) is 28.7 Å². The summed E-state index contributed by atoms with van der Waals surface area (Å²) in [6, 6.07) is 5.83. The summed E-state index contributed by atoms with van der Waals surface area (Å²) in [5.74, 6) is -0.0855. The Labute approximate surface area is 163 Å². The van der Waals surface area contributed by atoms with Crippen molar-refractivity contribution in [2.24, 2.45) is 0 Å². The predicted octanol–water partition coefficient (Wildman–Crippen LogP) is 4.21. The molecular formula is C18H17N3O2S3. The fourth-order valence-electron chi connectivity index (χ4n) is 3.12. The van der Waals surface area contributed by atoms with Crippen LogP contribution in [0.2, 0.25) is 0 Å². The van der Waals surface area contributed by atoms with Crippen LogP contribution in [0.5, 0.6) is 0 Å². The van der Waals surface area contributed by atoms with E-state index in [1.165, 1.54) is 33.1 Å². The standard InChI is InChI=1S/C18H17N3O2S3/c1-11-13-5-8-25-14(13)4-6-21(11)16(22)9-12-10-26-18(19-12)20-17(23)15-3-2-7-24-15/h2-3,5,7-8,10-11H,4,6,9H2,1H3,(H,19,20,23). The van der Waals surface area contributed by atoms with Gasteiger partial charge in [0.25, 0.3) is 5.91 Å². The molecule has 1 unspecified atom stereocenters. The third kappa shape index (κ3) is 3.44. The third-order valence-corrected chi connectivity index (χ3v) is 7.12. The highest BCUT2D eigenvalue weighted by Gasteiger charge is 2.28. The van der Waals surface area contributed by atoms with Crippen LogP contribution in [0, 0.1) is 0 Å². The van der Waals surface area contributed by atoms with Crippen molar-refractivity contribution in [3.63, 3.8) is 0 Å². The van der Waals surface area contributed by atoms with E-state index in [-0.39, 0.29) is 24.3 Å². The van der Waals surface area contributed by atoms with Crippen molar-refractivity contribution >= 4 is 51.0 Å². The molecule has 1 aliphatic rings. The molecule has 0 bridgehead atoms. The van der Waals surface area contributed by atoms with Crippen molar-refractivity contribution in [2.45, 2.75) is 25.8 Å². The van der Waals surface area contributed by atoms with Gasteiger partial charge in [0, 0.05) is 16.8 Å². The lowest BCUT2D eigenvalue weighted by molar-refractivity contribution is -0.133. The average Bonchev–Trinajstić information content (AvgIpc) is 3.37. The highest BCUT2D eigenvalue weighted by atomic mass is 32.1. The summed E-state index contributed by atoms with van der Waals surface area (Å²) < 4.78 is 0. The Bertz CT molecular complexity index is 929. The molecule has 2 amide bonds. The first-order valence-electron chi connectivity index (χ1n) is 8.27. The molecule has 134 valence electrons. The number of nitrogens with zero attached hydrogens (tertiary/aromatic N) is 2. The number of anilines is 1. The number of carbonyl (C=O) groups excluding carboxylic acids is 2. The smallest absolute Gasteiger partial charge is 0.267 e. The maximum Gasteiger partial charge on any atom is 0.267 e. The van der Waals surface area contributed by atoms with Gasteiger partial charge in [-0.3, -0.25) is 14.9 Å². The van der Waals surface area contributed by atoms with Crippen LogP contribution in [0.4, 0.5) is 5.13 Å². The SMILES string of the molecule is CC1c2ccsc2CCN1C(=O)Cc1csc(NC(=O)c2cccs2)n1. The lowest BCUT2D eigenvalue weighted by atomic mass is 10.0. The molecule has 8 heteroatoms. The maximum absolute atomic E-state index is 12.7. The Kier molecular flexibility index (Phi) is 4.88. The van der Waals surface area contributed by atoms with Crippen LogP contribution in [-0.4, -0.2) is 28.2 Å². The first-order chi connectivity index (χ1) is 12.6. The second kappa shape index (κ2) is 7.30. The van der Waals surface area contributed by atoms with Crippen LogP contribution in [0.3, 0.4) is 0 Å². The van der Waals surface area contributed by atoms with Crippen LogP contribution < -0.4 is 5.32 Å². The van der Waals surface area contributed by atoms with Crippen molar-refractivity contribution in [2.75, 3.05) is 11.9 Å². The number of hydrogen-bond acceptors (Lipinski definition) is 6. The Morgan fingerprint density at radius 1 is 1.27 bits per heavy atom. The number of thiazole rings is 1. The van der Waals surface area contributed by atoms with Gasteiger partial charge in [-0.2, -0.15) is 0 Å². The second-order valence-corrected chi connectivity index (χ2v) is 8.87. The summed E-state index contributed by atoms with van der Waals surface area (Å²) in [7, 11) is 0. The highest BCUT2D eigenvalue weighted by molar-refractivity contribution is 7.14. The molecule has 0 aromatic carbocycles. The second-order valence-electron chi connectivity index (χ2n) is 6.06. The molecular weight excluding hydrogens is 386 g/mol. The molecule has 0 fully saturated rings. The number of hydrogen-bond donors (Lipinski definition) is 1. The average molecular weight is 404 g/mol. The topological polar surface area (TPSA) is 62.3 Å². The molecule has 3 aromatic rings. The predicted molar refractivity (Wildman–Crippen MR) is 106 cm³/mol. The quantitative estimate of drug-likeness (QED) is 0.710. The first kappa shape index (κ1) is 17.4. The molecule has 0 radical (unpaired) electrons. The monoisotopic (exact) mass is 403 g/mol. The molecule has 4 rings (SSSR count). The minimum Gasteiger partial charge on any atom is -0.335 e. The van der Waals surface area contributed by atoms with E-state index in [4.69, 9.17) is 0 Å². The molecule has 1 N–H and O–H groups in total. The highest BCUT2D eigenvalue weighted by Crippen LogP contribution is 2.33. The summed E-state index contributed by atoms with van der Waals surface area (Å²) in [4.78, 5) is 33.2. The first-order valence-corrected chi connectivity index (χ1v) is 10.9. The molecule has 0 aliphatic carbocycles. The van der Waals surface area contributed by atoms with Gasteiger partial charge in [-0.15, -0.1) is 34.0 Å². The number of fused-ring (bicyclic) bond motifs is 1. The lowest BCUT2D eigenvalue weighted by Crippen LogP contribution is -2.39. The van der Waals surface area contributed by atoms with Gasteiger partial charge in [0.1, 0.15) is 0 Å². The molecule has 26 heavy (non-hydrogen) atoms. The summed E-state index contributed by atoms with van der Waals surface area (Å²) in [6.07, 6.45) is 1.18. The van der Waals surface area contributed by atoms with Crippen molar-refractivity contribution in [1.82, 2.24) is 9.88 Å². The van der Waals surface area contributed by atoms with Crippen LogP contribution in [-0.2, 0) is 17.6 Å². The van der Waals surface area contributed by atoms with Gasteiger partial charge < -0.3 is 4.90 Å². The van der Waals surface area contributed by atoms with Crippen molar-refractivity contribution < 1.29 is 9.59 Å². The van der Waals surface area contributed by atoms with Gasteiger partial charge in [-0.25, -0.2) is 4.98 Å². The van der Waals surface area contributed by atoms with E-state index in [1.807, 2.05) is 21.7 Å². The molecule has 0 spiro atoms. The van der Waals surface area contributed by atoms with E-state index in [0.717, 1.165) is 13.0 Å². The summed E-state index contributed by atoms with van der Waals surface area (Å²) in [6.45, 7) is 2.83. The largest absolute Gasteiger partial charge is 0.335 e. The van der Waals surface area contributed by atoms with Gasteiger partial charge in [0.2, 0.25) is 5.91 Å². The zero-order chi connectivity index (χ0) is 18.1.